The fraction of sp³-hybridized carbons (Fsp3) is 0.579. The highest BCUT2D eigenvalue weighted by atomic mass is 16.1. The van der Waals surface area contributed by atoms with Gasteiger partial charge in [0.2, 0.25) is 5.91 Å². The molecule has 0 unspecified atom stereocenters. The van der Waals surface area contributed by atoms with E-state index in [1.807, 2.05) is 24.3 Å². The normalized spacial score (nSPS) is 11.3. The molecular weight excluding hydrogens is 274 g/mol. The third-order valence-corrected chi connectivity index (χ3v) is 3.64. The summed E-state index contributed by atoms with van der Waals surface area (Å²) >= 11 is 0. The van der Waals surface area contributed by atoms with E-state index >= 15 is 0 Å². The Morgan fingerprint density at radius 2 is 1.59 bits per heavy atom. The van der Waals surface area contributed by atoms with Crippen molar-refractivity contribution in [2.75, 3.05) is 0 Å². The number of nitrogens with one attached hydrogen (secondary N) is 1. The average Bonchev–Trinajstić information content (AvgIpc) is 2.42. The molecule has 1 amide bonds. The van der Waals surface area contributed by atoms with Gasteiger partial charge in [-0.15, -0.1) is 0 Å². The molecule has 0 saturated heterocycles. The Labute approximate surface area is 134 Å². The van der Waals surface area contributed by atoms with E-state index in [2.05, 4.69) is 26.1 Å². The molecule has 0 atom stereocenters. The number of carbonyl (C=O) groups is 2. The van der Waals surface area contributed by atoms with E-state index in [4.69, 9.17) is 0 Å². The SMILES string of the molecule is CC(=O)NCc1ccc(CCC(=O)CCCC(C)(C)C)cc1. The van der Waals surface area contributed by atoms with Crippen LogP contribution in [0.3, 0.4) is 0 Å². The average molecular weight is 303 g/mol. The second-order valence-corrected chi connectivity index (χ2v) is 7.18. The first-order chi connectivity index (χ1) is 10.3. The van der Waals surface area contributed by atoms with E-state index in [1.54, 1.807) is 0 Å². The summed E-state index contributed by atoms with van der Waals surface area (Å²) in [6.07, 6.45) is 4.19. The van der Waals surface area contributed by atoms with Gasteiger partial charge in [0.05, 0.1) is 0 Å². The number of rotatable bonds is 8. The van der Waals surface area contributed by atoms with Gasteiger partial charge in [-0.05, 0) is 35.8 Å². The maximum Gasteiger partial charge on any atom is 0.217 e. The number of aryl methyl sites for hydroxylation is 1. The first kappa shape index (κ1) is 18.4. The Kier molecular flexibility index (Phi) is 7.30. The standard InChI is InChI=1S/C19H29NO2/c1-15(21)20-14-17-9-7-16(8-10-17)11-12-18(22)6-5-13-19(2,3)4/h7-10H,5-6,11-14H2,1-4H3,(H,20,21). The molecule has 0 aromatic heterocycles. The van der Waals surface area contributed by atoms with Crippen molar-refractivity contribution < 1.29 is 9.59 Å². The van der Waals surface area contributed by atoms with E-state index in [0.29, 0.717) is 30.6 Å². The van der Waals surface area contributed by atoms with Crippen LogP contribution in [-0.2, 0) is 22.6 Å². The van der Waals surface area contributed by atoms with Crippen molar-refractivity contribution in [3.8, 4) is 0 Å². The first-order valence-corrected chi connectivity index (χ1v) is 8.10. The number of amides is 1. The lowest BCUT2D eigenvalue weighted by Gasteiger charge is -2.17. The monoisotopic (exact) mass is 303 g/mol. The Morgan fingerprint density at radius 3 is 2.14 bits per heavy atom. The number of hydrogen-bond acceptors (Lipinski definition) is 2. The van der Waals surface area contributed by atoms with Crippen molar-refractivity contribution in [3.05, 3.63) is 35.4 Å². The molecule has 0 bridgehead atoms. The molecule has 122 valence electrons. The molecule has 0 aliphatic rings. The molecule has 22 heavy (non-hydrogen) atoms. The molecule has 0 heterocycles. The molecule has 1 rings (SSSR count). The molecular formula is C19H29NO2. The Balaban J connectivity index is 2.29. The molecule has 0 radical (unpaired) electrons. The molecule has 3 nitrogen and oxygen atoms in total. The fourth-order valence-corrected chi connectivity index (χ4v) is 2.27. The van der Waals surface area contributed by atoms with Crippen LogP contribution in [0.15, 0.2) is 24.3 Å². The molecule has 3 heteroatoms. The van der Waals surface area contributed by atoms with Gasteiger partial charge in [-0.1, -0.05) is 45.0 Å². The number of Topliss-reactive ketones (excluding diaryl/α,β-unsaturated/α-hetero) is 1. The summed E-state index contributed by atoms with van der Waals surface area (Å²) in [4.78, 5) is 22.8. The van der Waals surface area contributed by atoms with E-state index < -0.39 is 0 Å². The number of hydrogen-bond donors (Lipinski definition) is 1. The summed E-state index contributed by atoms with van der Waals surface area (Å²) in [6.45, 7) is 8.70. The largest absolute Gasteiger partial charge is 0.352 e. The van der Waals surface area contributed by atoms with Gasteiger partial charge in [-0.25, -0.2) is 0 Å². The smallest absolute Gasteiger partial charge is 0.217 e. The van der Waals surface area contributed by atoms with Crippen LogP contribution in [0.4, 0.5) is 0 Å². The third kappa shape index (κ3) is 8.60. The summed E-state index contributed by atoms with van der Waals surface area (Å²) in [6, 6.07) is 8.10. The van der Waals surface area contributed by atoms with Crippen LogP contribution in [0, 0.1) is 5.41 Å². The van der Waals surface area contributed by atoms with Crippen LogP contribution in [0.5, 0.6) is 0 Å². The summed E-state index contributed by atoms with van der Waals surface area (Å²) in [7, 11) is 0. The Hall–Kier alpha value is -1.64. The molecule has 0 spiro atoms. The molecule has 0 aliphatic heterocycles. The van der Waals surface area contributed by atoms with Crippen LogP contribution in [0.1, 0.15) is 64.5 Å². The second-order valence-electron chi connectivity index (χ2n) is 7.18. The van der Waals surface area contributed by atoms with Crippen molar-refractivity contribution in [3.63, 3.8) is 0 Å². The highest BCUT2D eigenvalue weighted by molar-refractivity contribution is 5.78. The lowest BCUT2D eigenvalue weighted by atomic mass is 9.89. The molecule has 0 fully saturated rings. The minimum absolute atomic E-state index is 0.0232. The van der Waals surface area contributed by atoms with Gasteiger partial charge in [0.1, 0.15) is 5.78 Å². The molecule has 0 aliphatic carbocycles. The van der Waals surface area contributed by atoms with E-state index in [9.17, 15) is 9.59 Å². The fourth-order valence-electron chi connectivity index (χ4n) is 2.27. The number of ketones is 1. The van der Waals surface area contributed by atoms with Gasteiger partial charge in [-0.2, -0.15) is 0 Å². The van der Waals surface area contributed by atoms with Crippen LogP contribution >= 0.6 is 0 Å². The number of carbonyl (C=O) groups excluding carboxylic acids is 2. The van der Waals surface area contributed by atoms with Gasteiger partial charge in [0, 0.05) is 26.3 Å². The summed E-state index contributed by atoms with van der Waals surface area (Å²) in [5.74, 6) is 0.330. The van der Waals surface area contributed by atoms with Gasteiger partial charge in [0.15, 0.2) is 0 Å². The van der Waals surface area contributed by atoms with Crippen LogP contribution < -0.4 is 5.32 Å². The quantitative estimate of drug-likeness (QED) is 0.787. The van der Waals surface area contributed by atoms with E-state index in [0.717, 1.165) is 24.8 Å². The van der Waals surface area contributed by atoms with Gasteiger partial charge in [0.25, 0.3) is 0 Å². The Bertz CT molecular complexity index is 483. The van der Waals surface area contributed by atoms with Crippen LogP contribution in [0.2, 0.25) is 0 Å². The lowest BCUT2D eigenvalue weighted by Crippen LogP contribution is -2.18. The van der Waals surface area contributed by atoms with Gasteiger partial charge < -0.3 is 5.32 Å². The van der Waals surface area contributed by atoms with Crippen LogP contribution in [0.25, 0.3) is 0 Å². The Morgan fingerprint density at radius 1 is 1.00 bits per heavy atom. The summed E-state index contributed by atoms with van der Waals surface area (Å²) in [5, 5.41) is 2.77. The first-order valence-electron chi connectivity index (χ1n) is 8.10. The van der Waals surface area contributed by atoms with Crippen molar-refractivity contribution >= 4 is 11.7 Å². The topological polar surface area (TPSA) is 46.2 Å². The molecule has 1 aromatic rings. The summed E-state index contributed by atoms with van der Waals surface area (Å²) < 4.78 is 0. The van der Waals surface area contributed by atoms with Gasteiger partial charge >= 0.3 is 0 Å². The zero-order valence-corrected chi connectivity index (χ0v) is 14.4. The van der Waals surface area contributed by atoms with Crippen molar-refractivity contribution in [2.24, 2.45) is 5.41 Å². The lowest BCUT2D eigenvalue weighted by molar-refractivity contribution is -0.120. The second kappa shape index (κ2) is 8.72. The van der Waals surface area contributed by atoms with E-state index in [1.165, 1.54) is 12.5 Å². The van der Waals surface area contributed by atoms with Crippen molar-refractivity contribution in [1.82, 2.24) is 5.32 Å². The number of benzene rings is 1. The molecule has 1 N–H and O–H groups in total. The zero-order chi connectivity index (χ0) is 16.6. The molecule has 1 aromatic carbocycles. The predicted molar refractivity (Wildman–Crippen MR) is 90.6 cm³/mol. The van der Waals surface area contributed by atoms with Gasteiger partial charge in [-0.3, -0.25) is 9.59 Å². The van der Waals surface area contributed by atoms with Crippen molar-refractivity contribution in [2.45, 2.75) is 66.3 Å². The van der Waals surface area contributed by atoms with Crippen molar-refractivity contribution in [1.29, 1.82) is 0 Å². The minimum Gasteiger partial charge on any atom is -0.352 e. The summed E-state index contributed by atoms with van der Waals surface area (Å²) in [5.41, 5.74) is 2.57. The highest BCUT2D eigenvalue weighted by Crippen LogP contribution is 2.21. The zero-order valence-electron chi connectivity index (χ0n) is 14.4. The van der Waals surface area contributed by atoms with Crippen LogP contribution in [-0.4, -0.2) is 11.7 Å². The third-order valence-electron chi connectivity index (χ3n) is 3.64. The molecule has 0 saturated carbocycles. The maximum atomic E-state index is 11.9. The van der Waals surface area contributed by atoms with E-state index in [-0.39, 0.29) is 5.91 Å². The predicted octanol–water partition coefficient (Wildman–Crippen LogP) is 4.04. The maximum absolute atomic E-state index is 11.9. The minimum atomic E-state index is -0.0232. The highest BCUT2D eigenvalue weighted by Gasteiger charge is 2.11.